The quantitative estimate of drug-likeness (QED) is 0.616. The molecule has 21 heavy (non-hydrogen) atoms. The molecule has 1 aliphatic rings. The number of carbonyl (C=O) groups is 1. The molecule has 1 saturated carbocycles. The lowest BCUT2D eigenvalue weighted by Gasteiger charge is -2.35. The maximum Gasteiger partial charge on any atom is 0.419 e. The topological polar surface area (TPSA) is 44.1 Å². The lowest BCUT2D eigenvalue weighted by molar-refractivity contribution is -0.0122. The van der Waals surface area contributed by atoms with Crippen LogP contribution in [0.25, 0.3) is 0 Å². The Hall–Kier alpha value is -1.54. The van der Waals surface area contributed by atoms with Gasteiger partial charge in [0.15, 0.2) is 0 Å². The van der Waals surface area contributed by atoms with Crippen molar-refractivity contribution in [1.29, 1.82) is 0 Å². The molecule has 0 amide bonds. The van der Waals surface area contributed by atoms with Crippen LogP contribution >= 0.6 is 0 Å². The molecule has 1 aliphatic carbocycles. The Kier molecular flexibility index (Phi) is 4.89. The maximum atomic E-state index is 12.2. The van der Waals surface area contributed by atoms with Crippen LogP contribution in [-0.2, 0) is 4.74 Å². The Morgan fingerprint density at radius 2 is 2.05 bits per heavy atom. The zero-order valence-corrected chi connectivity index (χ0v) is 14.2. The summed E-state index contributed by atoms with van der Waals surface area (Å²) in [5, 5.41) is 0. The maximum absolute atomic E-state index is 12.2. The SMILES string of the molecule is C[Si](C)(C)C#CCC1(OC(=O)n2ccnc2)CCCCC1. The molecule has 0 aliphatic heterocycles. The molecule has 2 rings (SSSR count). The first-order valence-electron chi connectivity index (χ1n) is 7.62. The van der Waals surface area contributed by atoms with Crippen LogP contribution in [0.2, 0.25) is 19.6 Å². The van der Waals surface area contributed by atoms with Gasteiger partial charge in [0.1, 0.15) is 20.0 Å². The van der Waals surface area contributed by atoms with Gasteiger partial charge in [-0.05, 0) is 25.7 Å². The van der Waals surface area contributed by atoms with Crippen LogP contribution in [-0.4, -0.2) is 29.3 Å². The minimum Gasteiger partial charge on any atom is -0.441 e. The normalized spacial score (nSPS) is 17.7. The van der Waals surface area contributed by atoms with Gasteiger partial charge in [0.2, 0.25) is 0 Å². The molecule has 0 saturated heterocycles. The summed E-state index contributed by atoms with van der Waals surface area (Å²) in [5.74, 6) is 3.30. The largest absolute Gasteiger partial charge is 0.441 e. The zero-order chi connectivity index (χ0) is 15.3. The molecule has 1 fully saturated rings. The highest BCUT2D eigenvalue weighted by atomic mass is 28.3. The molecule has 0 bridgehead atoms. The van der Waals surface area contributed by atoms with Crippen LogP contribution in [0.5, 0.6) is 0 Å². The van der Waals surface area contributed by atoms with Gasteiger partial charge < -0.3 is 4.74 Å². The second kappa shape index (κ2) is 6.48. The van der Waals surface area contributed by atoms with Gasteiger partial charge in [-0.3, -0.25) is 0 Å². The average Bonchev–Trinajstić information content (AvgIpc) is 2.92. The van der Waals surface area contributed by atoms with E-state index in [0.29, 0.717) is 6.42 Å². The first-order valence-corrected chi connectivity index (χ1v) is 11.1. The molecule has 1 aromatic heterocycles. The van der Waals surface area contributed by atoms with E-state index in [9.17, 15) is 4.79 Å². The third-order valence-electron chi connectivity index (χ3n) is 3.66. The number of aromatic nitrogens is 2. The molecular formula is C16H24N2O2Si. The summed E-state index contributed by atoms with van der Waals surface area (Å²) >= 11 is 0. The van der Waals surface area contributed by atoms with Crippen molar-refractivity contribution in [3.05, 3.63) is 18.7 Å². The summed E-state index contributed by atoms with van der Waals surface area (Å²) in [6, 6.07) is 0. The molecule has 0 unspecified atom stereocenters. The average molecular weight is 304 g/mol. The lowest BCUT2D eigenvalue weighted by atomic mass is 9.82. The third-order valence-corrected chi connectivity index (χ3v) is 4.58. The Balaban J connectivity index is 2.09. The van der Waals surface area contributed by atoms with Crippen LogP contribution in [0.3, 0.4) is 0 Å². The minimum atomic E-state index is -1.38. The van der Waals surface area contributed by atoms with E-state index < -0.39 is 13.7 Å². The summed E-state index contributed by atoms with van der Waals surface area (Å²) in [5.41, 5.74) is 2.97. The first kappa shape index (κ1) is 15.8. The number of ether oxygens (including phenoxy) is 1. The van der Waals surface area contributed by atoms with E-state index in [1.807, 2.05) is 0 Å². The highest BCUT2D eigenvalue weighted by molar-refractivity contribution is 6.83. The van der Waals surface area contributed by atoms with E-state index in [4.69, 9.17) is 4.74 Å². The highest BCUT2D eigenvalue weighted by Crippen LogP contribution is 2.34. The molecule has 4 nitrogen and oxygen atoms in total. The van der Waals surface area contributed by atoms with Crippen molar-refractivity contribution < 1.29 is 9.53 Å². The molecule has 5 heteroatoms. The Bertz CT molecular complexity index is 529. The van der Waals surface area contributed by atoms with Crippen LogP contribution in [0.1, 0.15) is 38.5 Å². The number of hydrogen-bond donors (Lipinski definition) is 0. The fraction of sp³-hybridized carbons (Fsp3) is 0.625. The van der Waals surface area contributed by atoms with Gasteiger partial charge >= 0.3 is 6.09 Å². The van der Waals surface area contributed by atoms with Crippen molar-refractivity contribution in [3.8, 4) is 11.5 Å². The van der Waals surface area contributed by atoms with Crippen LogP contribution in [0.4, 0.5) is 4.79 Å². The van der Waals surface area contributed by atoms with E-state index in [1.54, 1.807) is 12.4 Å². The van der Waals surface area contributed by atoms with Crippen molar-refractivity contribution >= 4 is 14.2 Å². The first-order chi connectivity index (χ1) is 9.90. The Labute approximate surface area is 127 Å². The summed E-state index contributed by atoms with van der Waals surface area (Å²) in [7, 11) is -1.38. The van der Waals surface area contributed by atoms with Gasteiger partial charge in [-0.1, -0.05) is 26.1 Å². The second-order valence-electron chi connectivity index (χ2n) is 6.81. The van der Waals surface area contributed by atoms with Crippen molar-refractivity contribution in [2.75, 3.05) is 0 Å². The fourth-order valence-corrected chi connectivity index (χ4v) is 3.21. The van der Waals surface area contributed by atoms with E-state index in [2.05, 4.69) is 36.1 Å². The summed E-state index contributed by atoms with van der Waals surface area (Å²) < 4.78 is 7.23. The van der Waals surface area contributed by atoms with Crippen LogP contribution in [0, 0.1) is 11.5 Å². The lowest BCUT2D eigenvalue weighted by Crippen LogP contribution is -2.38. The van der Waals surface area contributed by atoms with Gasteiger partial charge in [0, 0.05) is 18.8 Å². The van der Waals surface area contributed by atoms with Gasteiger partial charge in [0.25, 0.3) is 0 Å². The minimum absolute atomic E-state index is 0.343. The van der Waals surface area contributed by atoms with E-state index in [-0.39, 0.29) is 6.09 Å². The van der Waals surface area contributed by atoms with Crippen molar-refractivity contribution in [2.45, 2.75) is 63.8 Å². The molecule has 114 valence electrons. The zero-order valence-electron chi connectivity index (χ0n) is 13.2. The number of hydrogen-bond acceptors (Lipinski definition) is 3. The van der Waals surface area contributed by atoms with Gasteiger partial charge in [-0.25, -0.2) is 14.3 Å². The number of rotatable bonds is 2. The predicted molar refractivity (Wildman–Crippen MR) is 85.7 cm³/mol. The van der Waals surface area contributed by atoms with E-state index in [1.165, 1.54) is 17.3 Å². The van der Waals surface area contributed by atoms with Crippen molar-refractivity contribution in [1.82, 2.24) is 9.55 Å². The van der Waals surface area contributed by atoms with Crippen LogP contribution in [0.15, 0.2) is 18.7 Å². The number of imidazole rings is 1. The fourth-order valence-electron chi connectivity index (χ4n) is 2.59. The summed E-state index contributed by atoms with van der Waals surface area (Å²) in [6.45, 7) is 6.68. The Morgan fingerprint density at radius 3 is 2.62 bits per heavy atom. The van der Waals surface area contributed by atoms with Gasteiger partial charge in [-0.2, -0.15) is 0 Å². The predicted octanol–water partition coefficient (Wildman–Crippen LogP) is 3.84. The molecule has 1 aromatic rings. The number of carbonyl (C=O) groups excluding carboxylic acids is 1. The van der Waals surface area contributed by atoms with Crippen molar-refractivity contribution in [3.63, 3.8) is 0 Å². The smallest absolute Gasteiger partial charge is 0.419 e. The summed E-state index contributed by atoms with van der Waals surface area (Å²) in [4.78, 5) is 16.1. The number of nitrogens with zero attached hydrogens (tertiary/aromatic N) is 2. The second-order valence-corrected chi connectivity index (χ2v) is 11.6. The molecular weight excluding hydrogens is 280 g/mol. The highest BCUT2D eigenvalue weighted by Gasteiger charge is 2.35. The van der Waals surface area contributed by atoms with E-state index >= 15 is 0 Å². The third kappa shape index (κ3) is 4.75. The van der Waals surface area contributed by atoms with Crippen LogP contribution < -0.4 is 0 Å². The Morgan fingerprint density at radius 1 is 1.33 bits per heavy atom. The molecule has 0 spiro atoms. The van der Waals surface area contributed by atoms with Gasteiger partial charge in [0.05, 0.1) is 0 Å². The molecule has 0 aromatic carbocycles. The standard InChI is InChI=1S/C16H24N2O2Si/c1-21(2,3)13-7-10-16(8-5-4-6-9-16)20-15(19)18-12-11-17-14-18/h11-12,14H,4-6,8-10H2,1-3H3. The molecule has 0 radical (unpaired) electrons. The molecule has 0 N–H and O–H groups in total. The monoisotopic (exact) mass is 304 g/mol. The molecule has 0 atom stereocenters. The van der Waals surface area contributed by atoms with Gasteiger partial charge in [-0.15, -0.1) is 11.5 Å². The molecule has 1 heterocycles. The summed E-state index contributed by atoms with van der Waals surface area (Å²) in [6.07, 6.45) is 10.2. The van der Waals surface area contributed by atoms with Crippen molar-refractivity contribution in [2.24, 2.45) is 0 Å². The van der Waals surface area contributed by atoms with E-state index in [0.717, 1.165) is 25.7 Å².